The van der Waals surface area contributed by atoms with E-state index < -0.39 is 0 Å². The summed E-state index contributed by atoms with van der Waals surface area (Å²) in [5.74, 6) is 2.38. The molecule has 26 heavy (non-hydrogen) atoms. The molecule has 0 amide bonds. The molecule has 0 radical (unpaired) electrons. The lowest BCUT2D eigenvalue weighted by Gasteiger charge is -2.30. The Balaban J connectivity index is 0.00000243. The first-order valence-corrected chi connectivity index (χ1v) is 8.71. The summed E-state index contributed by atoms with van der Waals surface area (Å²) in [5, 5.41) is 13.9. The molecule has 1 unspecified atom stereocenters. The number of phenolic OH excluding ortho intramolecular Hbond substituents is 1. The van der Waals surface area contributed by atoms with E-state index in [9.17, 15) is 5.11 Å². The van der Waals surface area contributed by atoms with Crippen LogP contribution >= 0.6 is 12.4 Å². The van der Waals surface area contributed by atoms with Gasteiger partial charge in [-0.15, -0.1) is 12.4 Å². The summed E-state index contributed by atoms with van der Waals surface area (Å²) in [6, 6.07) is 9.26. The van der Waals surface area contributed by atoms with Gasteiger partial charge in [-0.3, -0.25) is 0 Å². The maximum absolute atomic E-state index is 10.4. The van der Waals surface area contributed by atoms with Crippen LogP contribution < -0.4 is 19.5 Å². The van der Waals surface area contributed by atoms with Crippen molar-refractivity contribution in [1.82, 2.24) is 5.32 Å². The molecule has 0 fully saturated rings. The van der Waals surface area contributed by atoms with Gasteiger partial charge in [-0.1, -0.05) is 6.07 Å². The Morgan fingerprint density at radius 3 is 2.42 bits per heavy atom. The lowest BCUT2D eigenvalue weighted by molar-refractivity contribution is 0.286. The SMILES string of the molecule is CCOc1cc2c(cc1OCC)C(c1c(O)cccc1OC)NCC2.Cl. The molecule has 142 valence electrons. The minimum Gasteiger partial charge on any atom is -0.507 e. The van der Waals surface area contributed by atoms with E-state index in [1.165, 1.54) is 5.56 Å². The summed E-state index contributed by atoms with van der Waals surface area (Å²) in [4.78, 5) is 0. The zero-order valence-corrected chi connectivity index (χ0v) is 16.2. The van der Waals surface area contributed by atoms with Crippen molar-refractivity contribution in [2.75, 3.05) is 26.9 Å². The minimum absolute atomic E-state index is 0. The third kappa shape index (κ3) is 3.84. The Kier molecular flexibility index (Phi) is 7.00. The maximum Gasteiger partial charge on any atom is 0.161 e. The van der Waals surface area contributed by atoms with Gasteiger partial charge in [0.25, 0.3) is 0 Å². The van der Waals surface area contributed by atoms with E-state index in [0.29, 0.717) is 19.0 Å². The zero-order chi connectivity index (χ0) is 17.8. The molecule has 0 bridgehead atoms. The van der Waals surface area contributed by atoms with Crippen molar-refractivity contribution in [2.45, 2.75) is 26.3 Å². The molecule has 0 aromatic heterocycles. The van der Waals surface area contributed by atoms with Crippen molar-refractivity contribution in [1.29, 1.82) is 0 Å². The quantitative estimate of drug-likeness (QED) is 0.798. The number of hydrogen-bond acceptors (Lipinski definition) is 5. The molecule has 5 nitrogen and oxygen atoms in total. The summed E-state index contributed by atoms with van der Waals surface area (Å²) in [7, 11) is 1.62. The molecule has 0 saturated heterocycles. The van der Waals surface area contributed by atoms with Crippen LogP contribution in [-0.2, 0) is 6.42 Å². The van der Waals surface area contributed by atoms with Gasteiger partial charge >= 0.3 is 0 Å². The smallest absolute Gasteiger partial charge is 0.161 e. The molecule has 0 spiro atoms. The van der Waals surface area contributed by atoms with Crippen molar-refractivity contribution in [2.24, 2.45) is 0 Å². The molecule has 0 saturated carbocycles. The van der Waals surface area contributed by atoms with Crippen molar-refractivity contribution in [3.8, 4) is 23.0 Å². The van der Waals surface area contributed by atoms with Gasteiger partial charge in [0.05, 0.1) is 31.9 Å². The van der Waals surface area contributed by atoms with Crippen LogP contribution in [0.3, 0.4) is 0 Å². The predicted octanol–water partition coefficient (Wildman–Crippen LogP) is 3.86. The first-order valence-electron chi connectivity index (χ1n) is 8.71. The highest BCUT2D eigenvalue weighted by Gasteiger charge is 2.28. The first-order chi connectivity index (χ1) is 12.2. The molecule has 1 heterocycles. The number of aromatic hydroxyl groups is 1. The monoisotopic (exact) mass is 379 g/mol. The number of hydrogen-bond donors (Lipinski definition) is 2. The van der Waals surface area contributed by atoms with Crippen LogP contribution in [0.5, 0.6) is 23.0 Å². The number of fused-ring (bicyclic) bond motifs is 1. The van der Waals surface area contributed by atoms with E-state index in [0.717, 1.165) is 35.6 Å². The molecule has 3 rings (SSSR count). The third-order valence-electron chi connectivity index (χ3n) is 4.41. The summed E-state index contributed by atoms with van der Waals surface area (Å²) >= 11 is 0. The van der Waals surface area contributed by atoms with E-state index >= 15 is 0 Å². The second kappa shape index (κ2) is 9.01. The zero-order valence-electron chi connectivity index (χ0n) is 15.4. The van der Waals surface area contributed by atoms with Gasteiger partial charge in [0.1, 0.15) is 11.5 Å². The van der Waals surface area contributed by atoms with Crippen LogP contribution in [0, 0.1) is 0 Å². The van der Waals surface area contributed by atoms with Crippen molar-refractivity contribution < 1.29 is 19.3 Å². The second-order valence-corrected chi connectivity index (χ2v) is 5.89. The van der Waals surface area contributed by atoms with E-state index in [2.05, 4.69) is 11.4 Å². The van der Waals surface area contributed by atoms with Crippen LogP contribution in [0.1, 0.15) is 36.6 Å². The van der Waals surface area contributed by atoms with Crippen LogP contribution in [0.15, 0.2) is 30.3 Å². The highest BCUT2D eigenvalue weighted by molar-refractivity contribution is 5.85. The summed E-state index contributed by atoms with van der Waals surface area (Å²) in [6.07, 6.45) is 0.897. The molecule has 2 aromatic carbocycles. The molecule has 1 atom stereocenters. The predicted molar refractivity (Wildman–Crippen MR) is 104 cm³/mol. The number of phenols is 1. The molecular formula is C20H26ClNO4. The fourth-order valence-electron chi connectivity index (χ4n) is 3.36. The summed E-state index contributed by atoms with van der Waals surface area (Å²) < 4.78 is 17.0. The van der Waals surface area contributed by atoms with E-state index in [-0.39, 0.29) is 24.2 Å². The fourth-order valence-corrected chi connectivity index (χ4v) is 3.36. The Morgan fingerprint density at radius 2 is 1.77 bits per heavy atom. The topological polar surface area (TPSA) is 60.0 Å². The molecule has 6 heteroatoms. The molecule has 1 aliphatic heterocycles. The van der Waals surface area contributed by atoms with Crippen LogP contribution in [0.4, 0.5) is 0 Å². The molecule has 0 aliphatic carbocycles. The van der Waals surface area contributed by atoms with Crippen molar-refractivity contribution >= 4 is 12.4 Å². The second-order valence-electron chi connectivity index (χ2n) is 5.89. The lowest BCUT2D eigenvalue weighted by atomic mass is 9.88. The average molecular weight is 380 g/mol. The average Bonchev–Trinajstić information content (AvgIpc) is 2.62. The van der Waals surface area contributed by atoms with Crippen LogP contribution in [-0.4, -0.2) is 32.0 Å². The molecular weight excluding hydrogens is 354 g/mol. The van der Waals surface area contributed by atoms with Crippen molar-refractivity contribution in [3.05, 3.63) is 47.0 Å². The van der Waals surface area contributed by atoms with Gasteiger partial charge in [-0.05, 0) is 55.7 Å². The maximum atomic E-state index is 10.4. The van der Waals surface area contributed by atoms with E-state index in [4.69, 9.17) is 14.2 Å². The highest BCUT2D eigenvalue weighted by Crippen LogP contribution is 2.42. The van der Waals surface area contributed by atoms with Crippen LogP contribution in [0.2, 0.25) is 0 Å². The molecule has 2 N–H and O–H groups in total. The Hall–Kier alpha value is -2.11. The Bertz CT molecular complexity index is 751. The lowest BCUT2D eigenvalue weighted by Crippen LogP contribution is -2.31. The van der Waals surface area contributed by atoms with Crippen molar-refractivity contribution in [3.63, 3.8) is 0 Å². The van der Waals surface area contributed by atoms with Gasteiger partial charge in [0.15, 0.2) is 11.5 Å². The van der Waals surface area contributed by atoms with Gasteiger partial charge in [-0.25, -0.2) is 0 Å². The van der Waals surface area contributed by atoms with E-state index in [1.807, 2.05) is 26.0 Å². The first kappa shape index (κ1) is 20.2. The summed E-state index contributed by atoms with van der Waals surface area (Å²) in [6.45, 7) is 5.89. The van der Waals surface area contributed by atoms with Gasteiger partial charge in [-0.2, -0.15) is 0 Å². The van der Waals surface area contributed by atoms with E-state index in [1.54, 1.807) is 19.2 Å². The molecule has 2 aromatic rings. The number of nitrogens with one attached hydrogen (secondary N) is 1. The number of benzene rings is 2. The number of ether oxygens (including phenoxy) is 3. The third-order valence-corrected chi connectivity index (χ3v) is 4.41. The number of halogens is 1. The normalized spacial score (nSPS) is 15.6. The van der Waals surface area contributed by atoms with Crippen LogP contribution in [0.25, 0.3) is 0 Å². The van der Waals surface area contributed by atoms with Gasteiger partial charge in [0, 0.05) is 6.54 Å². The number of rotatable bonds is 6. The highest BCUT2D eigenvalue weighted by atomic mass is 35.5. The summed E-state index contributed by atoms with van der Waals surface area (Å²) in [5.41, 5.74) is 3.02. The fraction of sp³-hybridized carbons (Fsp3) is 0.400. The largest absolute Gasteiger partial charge is 0.507 e. The Labute approximate surface area is 160 Å². The van der Waals surface area contributed by atoms with Gasteiger partial charge in [0.2, 0.25) is 0 Å². The number of methoxy groups -OCH3 is 1. The standard InChI is InChI=1S/C20H25NO4.ClH/c1-4-24-17-11-13-9-10-21-20(14(13)12-18(17)25-5-2)19-15(22)7-6-8-16(19)23-3;/h6-8,11-12,20-22H,4-5,9-10H2,1-3H3;1H. The Morgan fingerprint density at radius 1 is 1.08 bits per heavy atom. The minimum atomic E-state index is -0.158. The molecule has 1 aliphatic rings. The van der Waals surface area contributed by atoms with Gasteiger partial charge < -0.3 is 24.6 Å².